The molecule has 0 amide bonds. The summed E-state index contributed by atoms with van der Waals surface area (Å²) in [7, 11) is 0. The van der Waals surface area contributed by atoms with Crippen molar-refractivity contribution in [2.24, 2.45) is 5.92 Å². The third kappa shape index (κ3) is 3.12. The minimum atomic E-state index is -0.431. The van der Waals surface area contributed by atoms with Crippen molar-refractivity contribution in [3.8, 4) is 0 Å². The van der Waals surface area contributed by atoms with Crippen molar-refractivity contribution in [1.82, 2.24) is 4.98 Å². The molecular formula is C10H14N2O2. The number of pyridine rings is 1. The minimum absolute atomic E-state index is 0.0540. The highest BCUT2D eigenvalue weighted by Crippen LogP contribution is 2.11. The van der Waals surface area contributed by atoms with Crippen LogP contribution in [0.5, 0.6) is 0 Å². The first-order valence-corrected chi connectivity index (χ1v) is 4.69. The van der Waals surface area contributed by atoms with Gasteiger partial charge < -0.3 is 0 Å². The van der Waals surface area contributed by atoms with Crippen LogP contribution in [0.4, 0.5) is 5.69 Å². The molecule has 0 spiro atoms. The zero-order chi connectivity index (χ0) is 10.6. The van der Waals surface area contributed by atoms with Crippen LogP contribution in [0, 0.1) is 16.0 Å². The van der Waals surface area contributed by atoms with E-state index in [0.717, 1.165) is 18.5 Å². The van der Waals surface area contributed by atoms with E-state index in [9.17, 15) is 10.1 Å². The number of nitrogens with zero attached hydrogens (tertiary/aromatic N) is 2. The van der Waals surface area contributed by atoms with Crippen molar-refractivity contribution in [1.29, 1.82) is 0 Å². The molecule has 1 aromatic rings. The standard InChI is InChI=1S/C10H14N2O2/c1-8(2)3-4-9-5-6-10(7-11-9)12(13)14/h5-8H,3-4H2,1-2H3. The lowest BCUT2D eigenvalue weighted by atomic mass is 10.1. The molecule has 0 aromatic carbocycles. The smallest absolute Gasteiger partial charge is 0.258 e. The van der Waals surface area contributed by atoms with E-state index in [0.29, 0.717) is 5.92 Å². The lowest BCUT2D eigenvalue weighted by molar-refractivity contribution is -0.385. The lowest BCUT2D eigenvalue weighted by Crippen LogP contribution is -1.96. The van der Waals surface area contributed by atoms with E-state index >= 15 is 0 Å². The van der Waals surface area contributed by atoms with Gasteiger partial charge in [-0.2, -0.15) is 0 Å². The number of nitro groups is 1. The van der Waals surface area contributed by atoms with E-state index < -0.39 is 4.92 Å². The van der Waals surface area contributed by atoms with Crippen LogP contribution >= 0.6 is 0 Å². The Balaban J connectivity index is 2.60. The highest BCUT2D eigenvalue weighted by molar-refractivity contribution is 5.26. The second-order valence-electron chi connectivity index (χ2n) is 3.70. The average Bonchev–Trinajstić information content (AvgIpc) is 2.15. The number of rotatable bonds is 4. The van der Waals surface area contributed by atoms with Gasteiger partial charge >= 0.3 is 0 Å². The summed E-state index contributed by atoms with van der Waals surface area (Å²) in [5.74, 6) is 0.631. The fourth-order valence-electron chi connectivity index (χ4n) is 1.11. The van der Waals surface area contributed by atoms with Crippen molar-refractivity contribution in [3.63, 3.8) is 0 Å². The maximum absolute atomic E-state index is 10.3. The molecule has 0 fully saturated rings. The van der Waals surface area contributed by atoms with E-state index in [1.807, 2.05) is 0 Å². The van der Waals surface area contributed by atoms with Crippen molar-refractivity contribution in [2.45, 2.75) is 26.7 Å². The molecule has 0 aliphatic carbocycles. The van der Waals surface area contributed by atoms with Crippen LogP contribution in [0.15, 0.2) is 18.3 Å². The number of hydrogen-bond acceptors (Lipinski definition) is 3. The second-order valence-corrected chi connectivity index (χ2v) is 3.70. The van der Waals surface area contributed by atoms with E-state index in [1.165, 1.54) is 12.3 Å². The summed E-state index contributed by atoms with van der Waals surface area (Å²) >= 11 is 0. The van der Waals surface area contributed by atoms with Crippen LogP contribution in [0.3, 0.4) is 0 Å². The molecule has 0 bridgehead atoms. The van der Waals surface area contributed by atoms with Gasteiger partial charge in [-0.15, -0.1) is 0 Å². The van der Waals surface area contributed by atoms with Gasteiger partial charge in [-0.3, -0.25) is 15.1 Å². The van der Waals surface area contributed by atoms with Gasteiger partial charge in [-0.05, 0) is 24.8 Å². The van der Waals surface area contributed by atoms with Crippen molar-refractivity contribution in [3.05, 3.63) is 34.1 Å². The molecule has 1 aromatic heterocycles. The quantitative estimate of drug-likeness (QED) is 0.546. The van der Waals surface area contributed by atoms with E-state index in [2.05, 4.69) is 18.8 Å². The Morgan fingerprint density at radius 1 is 1.50 bits per heavy atom. The highest BCUT2D eigenvalue weighted by atomic mass is 16.6. The third-order valence-corrected chi connectivity index (χ3v) is 2.00. The molecule has 0 radical (unpaired) electrons. The predicted molar refractivity (Wildman–Crippen MR) is 54.1 cm³/mol. The zero-order valence-corrected chi connectivity index (χ0v) is 8.43. The molecule has 0 saturated carbocycles. The first-order chi connectivity index (χ1) is 6.59. The maximum atomic E-state index is 10.3. The van der Waals surface area contributed by atoms with Gasteiger partial charge in [0.1, 0.15) is 6.20 Å². The molecule has 0 aliphatic rings. The summed E-state index contributed by atoms with van der Waals surface area (Å²) in [5.41, 5.74) is 0.975. The summed E-state index contributed by atoms with van der Waals surface area (Å²) in [6.07, 6.45) is 3.26. The Labute approximate surface area is 83.1 Å². The van der Waals surface area contributed by atoms with Crippen LogP contribution in [0.25, 0.3) is 0 Å². The van der Waals surface area contributed by atoms with E-state index in [1.54, 1.807) is 6.07 Å². The SMILES string of the molecule is CC(C)CCc1ccc([N+](=O)[O-])cn1. The normalized spacial score (nSPS) is 10.5. The third-order valence-electron chi connectivity index (χ3n) is 2.00. The number of aromatic nitrogens is 1. The number of aryl methyl sites for hydroxylation is 1. The van der Waals surface area contributed by atoms with Crippen LogP contribution in [0.2, 0.25) is 0 Å². The molecule has 0 N–H and O–H groups in total. The van der Waals surface area contributed by atoms with Gasteiger partial charge in [0.15, 0.2) is 0 Å². The molecule has 4 nitrogen and oxygen atoms in total. The van der Waals surface area contributed by atoms with Gasteiger partial charge in [-0.1, -0.05) is 13.8 Å². The highest BCUT2D eigenvalue weighted by Gasteiger charge is 2.05. The van der Waals surface area contributed by atoms with E-state index in [-0.39, 0.29) is 5.69 Å². The van der Waals surface area contributed by atoms with Crippen molar-refractivity contribution in [2.75, 3.05) is 0 Å². The molecule has 0 unspecified atom stereocenters. The number of hydrogen-bond donors (Lipinski definition) is 0. The van der Waals surface area contributed by atoms with Gasteiger partial charge in [-0.25, -0.2) is 0 Å². The Morgan fingerprint density at radius 2 is 2.21 bits per heavy atom. The summed E-state index contributed by atoms with van der Waals surface area (Å²) in [5, 5.41) is 10.3. The fourth-order valence-corrected chi connectivity index (χ4v) is 1.11. The van der Waals surface area contributed by atoms with Crippen molar-refractivity contribution < 1.29 is 4.92 Å². The first kappa shape index (κ1) is 10.6. The Bertz CT molecular complexity index is 306. The summed E-state index contributed by atoms with van der Waals surface area (Å²) in [6.45, 7) is 4.29. The lowest BCUT2D eigenvalue weighted by Gasteiger charge is -2.02. The summed E-state index contributed by atoms with van der Waals surface area (Å²) in [4.78, 5) is 13.9. The molecule has 76 valence electrons. The van der Waals surface area contributed by atoms with Crippen LogP contribution in [-0.2, 0) is 6.42 Å². The molecule has 0 atom stereocenters. The van der Waals surface area contributed by atoms with Gasteiger partial charge in [0.25, 0.3) is 5.69 Å². The fraction of sp³-hybridized carbons (Fsp3) is 0.500. The van der Waals surface area contributed by atoms with Crippen molar-refractivity contribution >= 4 is 5.69 Å². The average molecular weight is 194 g/mol. The molecule has 1 rings (SSSR count). The molecule has 14 heavy (non-hydrogen) atoms. The predicted octanol–water partition coefficient (Wildman–Crippen LogP) is 2.58. The van der Waals surface area contributed by atoms with Crippen LogP contribution in [0.1, 0.15) is 26.0 Å². The molecule has 4 heteroatoms. The Hall–Kier alpha value is -1.45. The minimum Gasteiger partial charge on any atom is -0.258 e. The molecule has 1 heterocycles. The zero-order valence-electron chi connectivity index (χ0n) is 8.43. The summed E-state index contributed by atoms with van der Waals surface area (Å²) in [6, 6.07) is 3.23. The monoisotopic (exact) mass is 194 g/mol. The van der Waals surface area contributed by atoms with Gasteiger partial charge in [0.05, 0.1) is 4.92 Å². The van der Waals surface area contributed by atoms with E-state index in [4.69, 9.17) is 0 Å². The summed E-state index contributed by atoms with van der Waals surface area (Å²) < 4.78 is 0. The van der Waals surface area contributed by atoms with Gasteiger partial charge in [0.2, 0.25) is 0 Å². The molecule has 0 aliphatic heterocycles. The van der Waals surface area contributed by atoms with Crippen LogP contribution < -0.4 is 0 Å². The van der Waals surface area contributed by atoms with Gasteiger partial charge in [0, 0.05) is 11.8 Å². The largest absolute Gasteiger partial charge is 0.287 e. The topological polar surface area (TPSA) is 56.0 Å². The molecular weight excluding hydrogens is 180 g/mol. The van der Waals surface area contributed by atoms with Crippen LogP contribution in [-0.4, -0.2) is 9.91 Å². The first-order valence-electron chi connectivity index (χ1n) is 4.69. The Kier molecular flexibility index (Phi) is 3.56. The Morgan fingerprint density at radius 3 is 2.64 bits per heavy atom. The second kappa shape index (κ2) is 4.69. The molecule has 0 saturated heterocycles. The maximum Gasteiger partial charge on any atom is 0.287 e.